The lowest BCUT2D eigenvalue weighted by atomic mass is 10.0. The quantitative estimate of drug-likeness (QED) is 0.679. The molecule has 0 bridgehead atoms. The summed E-state index contributed by atoms with van der Waals surface area (Å²) >= 11 is 6.12. The van der Waals surface area contributed by atoms with E-state index in [4.69, 9.17) is 11.6 Å². The molecule has 1 aromatic heterocycles. The maximum Gasteiger partial charge on any atom is 0.173 e. The predicted molar refractivity (Wildman–Crippen MR) is 106 cm³/mol. The van der Waals surface area contributed by atoms with E-state index < -0.39 is 0 Å². The maximum atomic E-state index is 6.12. The third-order valence-corrected chi connectivity index (χ3v) is 5.32. The molecule has 3 aromatic rings. The van der Waals surface area contributed by atoms with E-state index in [0.29, 0.717) is 6.54 Å². The van der Waals surface area contributed by atoms with E-state index >= 15 is 0 Å². The summed E-state index contributed by atoms with van der Waals surface area (Å²) in [5.41, 5.74) is 2.34. The Morgan fingerprint density at radius 1 is 0.963 bits per heavy atom. The molecule has 2 heterocycles. The van der Waals surface area contributed by atoms with Crippen LogP contribution in [0.15, 0.2) is 54.6 Å². The van der Waals surface area contributed by atoms with Crippen LogP contribution in [0.3, 0.4) is 0 Å². The van der Waals surface area contributed by atoms with Crippen molar-refractivity contribution in [2.24, 2.45) is 0 Å². The van der Waals surface area contributed by atoms with E-state index in [2.05, 4.69) is 56.6 Å². The molecular weight excluding hydrogens is 360 g/mol. The molecule has 7 heteroatoms. The Morgan fingerprint density at radius 2 is 1.67 bits per heavy atom. The molecule has 0 saturated carbocycles. The van der Waals surface area contributed by atoms with Crippen molar-refractivity contribution in [2.75, 3.05) is 33.2 Å². The lowest BCUT2D eigenvalue weighted by molar-refractivity contribution is 0.121. The van der Waals surface area contributed by atoms with Crippen molar-refractivity contribution >= 4 is 11.6 Å². The van der Waals surface area contributed by atoms with Crippen LogP contribution in [-0.4, -0.2) is 63.2 Å². The second-order valence-corrected chi connectivity index (χ2v) is 7.41. The van der Waals surface area contributed by atoms with Gasteiger partial charge < -0.3 is 4.90 Å². The highest BCUT2D eigenvalue weighted by atomic mass is 35.5. The van der Waals surface area contributed by atoms with Crippen LogP contribution in [0.4, 0.5) is 0 Å². The van der Waals surface area contributed by atoms with Gasteiger partial charge in [-0.3, -0.25) is 4.90 Å². The smallest absolute Gasteiger partial charge is 0.173 e. The molecule has 27 heavy (non-hydrogen) atoms. The molecule has 1 fully saturated rings. The van der Waals surface area contributed by atoms with Gasteiger partial charge in [0.25, 0.3) is 0 Å². The van der Waals surface area contributed by atoms with Crippen LogP contribution < -0.4 is 0 Å². The molecule has 0 aliphatic carbocycles. The number of nitrogens with zero attached hydrogens (tertiary/aromatic N) is 6. The fraction of sp³-hybridized carbons (Fsp3) is 0.350. The minimum absolute atomic E-state index is 0.00896. The first kappa shape index (κ1) is 18.1. The first-order valence-corrected chi connectivity index (χ1v) is 9.56. The normalized spacial score (nSPS) is 17.1. The van der Waals surface area contributed by atoms with Gasteiger partial charge in [0.2, 0.25) is 0 Å². The SMILES string of the molecule is CN1CCN([C@H](c2ccc(Cl)cc2)c2nnnn2Cc2ccccc2)CC1. The molecule has 1 atom stereocenters. The van der Waals surface area contributed by atoms with Gasteiger partial charge in [-0.15, -0.1) is 5.10 Å². The fourth-order valence-electron chi connectivity index (χ4n) is 3.52. The minimum Gasteiger partial charge on any atom is -0.304 e. The molecule has 1 aliphatic rings. The monoisotopic (exact) mass is 382 g/mol. The summed E-state index contributed by atoms with van der Waals surface area (Å²) in [6.45, 7) is 4.67. The van der Waals surface area contributed by atoms with E-state index in [-0.39, 0.29) is 6.04 Å². The molecular formula is C20H23ClN6. The second-order valence-electron chi connectivity index (χ2n) is 6.97. The van der Waals surface area contributed by atoms with Crippen LogP contribution in [0.2, 0.25) is 5.02 Å². The summed E-state index contributed by atoms with van der Waals surface area (Å²) in [6.07, 6.45) is 0. The van der Waals surface area contributed by atoms with Crippen LogP contribution in [0.5, 0.6) is 0 Å². The zero-order valence-electron chi connectivity index (χ0n) is 15.4. The number of piperazine rings is 1. The van der Waals surface area contributed by atoms with E-state index in [1.807, 2.05) is 35.0 Å². The lowest BCUT2D eigenvalue weighted by Crippen LogP contribution is -2.46. The number of tetrazole rings is 1. The lowest BCUT2D eigenvalue weighted by Gasteiger charge is -2.37. The Morgan fingerprint density at radius 3 is 2.37 bits per heavy atom. The molecule has 0 amide bonds. The van der Waals surface area contributed by atoms with Crippen LogP contribution in [0, 0.1) is 0 Å². The first-order chi connectivity index (χ1) is 13.2. The molecule has 2 aromatic carbocycles. The highest BCUT2D eigenvalue weighted by Crippen LogP contribution is 2.29. The number of benzene rings is 2. The van der Waals surface area contributed by atoms with Gasteiger partial charge in [0.05, 0.1) is 12.6 Å². The van der Waals surface area contributed by atoms with Crippen molar-refractivity contribution in [3.05, 3.63) is 76.6 Å². The summed E-state index contributed by atoms with van der Waals surface area (Å²) in [4.78, 5) is 4.80. The second kappa shape index (κ2) is 8.17. The zero-order valence-corrected chi connectivity index (χ0v) is 16.1. The molecule has 0 spiro atoms. The number of hydrogen-bond donors (Lipinski definition) is 0. The third kappa shape index (κ3) is 4.18. The van der Waals surface area contributed by atoms with Crippen molar-refractivity contribution in [3.8, 4) is 0 Å². The molecule has 6 nitrogen and oxygen atoms in total. The molecule has 0 radical (unpaired) electrons. The Balaban J connectivity index is 1.69. The van der Waals surface area contributed by atoms with Crippen LogP contribution >= 0.6 is 11.6 Å². The summed E-state index contributed by atoms with van der Waals surface area (Å²) in [5, 5.41) is 13.4. The van der Waals surface area contributed by atoms with Crippen molar-refractivity contribution in [2.45, 2.75) is 12.6 Å². The number of rotatable bonds is 5. The van der Waals surface area contributed by atoms with Crippen LogP contribution in [-0.2, 0) is 6.54 Å². The topological polar surface area (TPSA) is 50.1 Å². The predicted octanol–water partition coefficient (Wildman–Crippen LogP) is 2.71. The molecule has 0 unspecified atom stereocenters. The van der Waals surface area contributed by atoms with Crippen molar-refractivity contribution < 1.29 is 0 Å². The van der Waals surface area contributed by atoms with Gasteiger partial charge in [-0.2, -0.15) is 0 Å². The van der Waals surface area contributed by atoms with E-state index in [0.717, 1.165) is 42.6 Å². The average Bonchev–Trinajstić information content (AvgIpc) is 3.13. The summed E-state index contributed by atoms with van der Waals surface area (Å²) in [6, 6.07) is 18.3. The molecule has 1 aliphatic heterocycles. The Labute approximate surface area is 164 Å². The zero-order chi connectivity index (χ0) is 18.6. The van der Waals surface area contributed by atoms with Gasteiger partial charge in [0.1, 0.15) is 0 Å². The van der Waals surface area contributed by atoms with Gasteiger partial charge in [-0.25, -0.2) is 4.68 Å². The van der Waals surface area contributed by atoms with E-state index in [1.165, 1.54) is 5.56 Å². The summed E-state index contributed by atoms with van der Waals surface area (Å²) in [7, 11) is 2.16. The number of halogens is 1. The number of aromatic nitrogens is 4. The third-order valence-electron chi connectivity index (χ3n) is 5.07. The first-order valence-electron chi connectivity index (χ1n) is 9.19. The van der Waals surface area contributed by atoms with Gasteiger partial charge >= 0.3 is 0 Å². The largest absolute Gasteiger partial charge is 0.304 e. The van der Waals surface area contributed by atoms with Gasteiger partial charge in [-0.05, 0) is 40.7 Å². The Hall–Kier alpha value is -2.28. The maximum absolute atomic E-state index is 6.12. The van der Waals surface area contributed by atoms with E-state index in [1.54, 1.807) is 0 Å². The fourth-order valence-corrected chi connectivity index (χ4v) is 3.65. The van der Waals surface area contributed by atoms with Gasteiger partial charge in [0.15, 0.2) is 5.82 Å². The van der Waals surface area contributed by atoms with Crippen molar-refractivity contribution in [1.82, 2.24) is 30.0 Å². The molecule has 1 saturated heterocycles. The summed E-state index contributed by atoms with van der Waals surface area (Å²) in [5.74, 6) is 0.866. The molecule has 140 valence electrons. The highest BCUT2D eigenvalue weighted by molar-refractivity contribution is 6.30. The molecule has 4 rings (SSSR count). The molecule has 0 N–H and O–H groups in total. The minimum atomic E-state index is 0.00896. The van der Waals surface area contributed by atoms with Gasteiger partial charge in [-0.1, -0.05) is 54.1 Å². The van der Waals surface area contributed by atoms with Crippen molar-refractivity contribution in [3.63, 3.8) is 0 Å². The van der Waals surface area contributed by atoms with Crippen molar-refractivity contribution in [1.29, 1.82) is 0 Å². The average molecular weight is 383 g/mol. The van der Waals surface area contributed by atoms with E-state index in [9.17, 15) is 0 Å². The van der Waals surface area contributed by atoms with Crippen LogP contribution in [0.1, 0.15) is 23.0 Å². The number of likely N-dealkylation sites (N-methyl/N-ethyl adjacent to an activating group) is 1. The standard InChI is InChI=1S/C20H23ClN6/c1-25-11-13-26(14-12-25)19(17-7-9-18(21)10-8-17)20-22-23-24-27(20)15-16-5-3-2-4-6-16/h2-10,19H,11-15H2,1H3/t19-/m1/s1. The van der Waals surface area contributed by atoms with Gasteiger partial charge in [0, 0.05) is 31.2 Å². The number of hydrogen-bond acceptors (Lipinski definition) is 5. The Kier molecular flexibility index (Phi) is 5.48. The Bertz CT molecular complexity index is 856. The highest BCUT2D eigenvalue weighted by Gasteiger charge is 2.29. The summed E-state index contributed by atoms with van der Waals surface area (Å²) < 4.78 is 1.91. The van der Waals surface area contributed by atoms with Crippen LogP contribution in [0.25, 0.3) is 0 Å².